The highest BCUT2D eigenvalue weighted by Crippen LogP contribution is 2.28. The summed E-state index contributed by atoms with van der Waals surface area (Å²) in [5, 5.41) is 2.64. The molecule has 24 heavy (non-hydrogen) atoms. The van der Waals surface area contributed by atoms with E-state index in [1.54, 1.807) is 6.92 Å². The average Bonchev–Trinajstić information content (AvgIpc) is 2.50. The third-order valence-electron chi connectivity index (χ3n) is 4.13. The Kier molecular flexibility index (Phi) is 6.04. The van der Waals surface area contributed by atoms with Crippen molar-refractivity contribution in [1.29, 1.82) is 0 Å². The van der Waals surface area contributed by atoms with Crippen molar-refractivity contribution in [2.24, 2.45) is 5.92 Å². The molecule has 2 N–H and O–H groups in total. The van der Waals surface area contributed by atoms with E-state index in [-0.39, 0.29) is 18.0 Å². The van der Waals surface area contributed by atoms with Crippen molar-refractivity contribution in [2.45, 2.75) is 44.9 Å². The Bertz CT molecular complexity index is 628. The van der Waals surface area contributed by atoms with Gasteiger partial charge in [-0.2, -0.15) is 13.2 Å². The molecule has 1 saturated carbocycles. The number of aromatic amines is 1. The molecule has 0 aliphatic heterocycles. The number of hydrogen-bond donors (Lipinski definition) is 2. The molecular weight excluding hydrogens is 325 g/mol. The van der Waals surface area contributed by atoms with Gasteiger partial charge in [0.05, 0.1) is 6.10 Å². The third-order valence-corrected chi connectivity index (χ3v) is 4.13. The summed E-state index contributed by atoms with van der Waals surface area (Å²) in [5.74, 6) is -0.717. The van der Waals surface area contributed by atoms with Crippen molar-refractivity contribution in [3.05, 3.63) is 33.7 Å². The van der Waals surface area contributed by atoms with Gasteiger partial charge in [-0.3, -0.25) is 9.59 Å². The first kappa shape index (κ1) is 18.5. The minimum absolute atomic E-state index is 0.0100. The van der Waals surface area contributed by atoms with Crippen LogP contribution in [0.15, 0.2) is 17.1 Å². The Balaban J connectivity index is 1.92. The number of pyridine rings is 1. The van der Waals surface area contributed by atoms with Gasteiger partial charge in [0, 0.05) is 30.4 Å². The first-order valence-corrected chi connectivity index (χ1v) is 7.92. The fourth-order valence-corrected chi connectivity index (χ4v) is 2.90. The highest BCUT2D eigenvalue weighted by atomic mass is 19.4. The van der Waals surface area contributed by atoms with Crippen molar-refractivity contribution in [3.63, 3.8) is 0 Å². The molecule has 1 aliphatic rings. The maximum Gasteiger partial charge on any atom is 0.411 e. The van der Waals surface area contributed by atoms with Crippen LogP contribution in [-0.2, 0) is 4.74 Å². The quantitative estimate of drug-likeness (QED) is 0.861. The van der Waals surface area contributed by atoms with Crippen molar-refractivity contribution in [3.8, 4) is 0 Å². The molecular formula is C16H21F3N2O3. The van der Waals surface area contributed by atoms with Crippen LogP contribution in [0.3, 0.4) is 0 Å². The zero-order chi connectivity index (χ0) is 17.7. The highest BCUT2D eigenvalue weighted by molar-refractivity contribution is 5.93. The van der Waals surface area contributed by atoms with Crippen LogP contribution in [0.5, 0.6) is 0 Å². The Hall–Kier alpha value is -1.83. The van der Waals surface area contributed by atoms with Gasteiger partial charge in [0.2, 0.25) is 0 Å². The minimum atomic E-state index is -4.36. The van der Waals surface area contributed by atoms with E-state index >= 15 is 0 Å². The second-order valence-corrected chi connectivity index (χ2v) is 6.11. The summed E-state index contributed by atoms with van der Waals surface area (Å²) in [4.78, 5) is 26.7. The lowest BCUT2D eigenvalue weighted by Crippen LogP contribution is -2.40. The van der Waals surface area contributed by atoms with Gasteiger partial charge < -0.3 is 15.0 Å². The van der Waals surface area contributed by atoms with E-state index in [4.69, 9.17) is 4.74 Å². The zero-order valence-electron chi connectivity index (χ0n) is 13.4. The highest BCUT2D eigenvalue weighted by Gasteiger charge is 2.33. The molecule has 0 spiro atoms. The monoisotopic (exact) mass is 346 g/mol. The average molecular weight is 346 g/mol. The molecule has 134 valence electrons. The van der Waals surface area contributed by atoms with Crippen LogP contribution in [0.25, 0.3) is 0 Å². The maximum atomic E-state index is 12.3. The fourth-order valence-electron chi connectivity index (χ4n) is 2.90. The summed E-state index contributed by atoms with van der Waals surface area (Å²) < 4.78 is 41.9. The van der Waals surface area contributed by atoms with Gasteiger partial charge in [0.25, 0.3) is 5.91 Å². The molecule has 1 aromatic rings. The third kappa shape index (κ3) is 5.36. The van der Waals surface area contributed by atoms with Crippen LogP contribution >= 0.6 is 0 Å². The first-order valence-electron chi connectivity index (χ1n) is 7.92. The van der Waals surface area contributed by atoms with Crippen molar-refractivity contribution < 1.29 is 22.7 Å². The van der Waals surface area contributed by atoms with E-state index in [1.165, 1.54) is 12.3 Å². The summed E-state index contributed by atoms with van der Waals surface area (Å²) in [6, 6.07) is 1.32. The number of carbonyl (C=O) groups is 1. The van der Waals surface area contributed by atoms with Crippen LogP contribution < -0.4 is 10.7 Å². The van der Waals surface area contributed by atoms with E-state index in [1.807, 2.05) is 0 Å². The van der Waals surface area contributed by atoms with Crippen molar-refractivity contribution in [1.82, 2.24) is 10.3 Å². The summed E-state index contributed by atoms with van der Waals surface area (Å²) in [6.45, 7) is 0.613. The minimum Gasteiger partial charge on any atom is -0.368 e. The van der Waals surface area contributed by atoms with E-state index in [0.29, 0.717) is 18.5 Å². The molecule has 1 aliphatic carbocycles. The number of hydrogen-bond acceptors (Lipinski definition) is 3. The topological polar surface area (TPSA) is 71.2 Å². The number of halogens is 3. The molecule has 1 amide bonds. The number of H-pyrrole nitrogens is 1. The van der Waals surface area contributed by atoms with Gasteiger partial charge in [0.15, 0.2) is 5.43 Å². The number of rotatable bonds is 5. The molecule has 0 radical (unpaired) electrons. The number of alkyl halides is 3. The van der Waals surface area contributed by atoms with E-state index < -0.39 is 30.2 Å². The number of aryl methyl sites for hydroxylation is 1. The van der Waals surface area contributed by atoms with Crippen LogP contribution in [0.4, 0.5) is 13.2 Å². The molecule has 2 rings (SSSR count). The lowest BCUT2D eigenvalue weighted by molar-refractivity contribution is -0.193. The van der Waals surface area contributed by atoms with Gasteiger partial charge in [0.1, 0.15) is 12.2 Å². The summed E-state index contributed by atoms with van der Waals surface area (Å²) in [5.41, 5.74) is 0.242. The zero-order valence-corrected chi connectivity index (χ0v) is 13.4. The Labute approximate surface area is 137 Å². The van der Waals surface area contributed by atoms with Gasteiger partial charge in [-0.05, 0) is 19.8 Å². The van der Waals surface area contributed by atoms with Gasteiger partial charge in [-0.1, -0.05) is 12.8 Å². The lowest BCUT2D eigenvalue weighted by Gasteiger charge is -2.31. The lowest BCUT2D eigenvalue weighted by atomic mass is 9.86. The molecule has 1 heterocycles. The molecule has 8 heteroatoms. The molecule has 5 nitrogen and oxygen atoms in total. The van der Waals surface area contributed by atoms with Crippen molar-refractivity contribution in [2.75, 3.05) is 13.2 Å². The number of amides is 1. The van der Waals surface area contributed by atoms with Crippen LogP contribution in [0.2, 0.25) is 0 Å². The van der Waals surface area contributed by atoms with Crippen molar-refractivity contribution >= 4 is 5.91 Å². The van der Waals surface area contributed by atoms with Gasteiger partial charge >= 0.3 is 6.18 Å². The normalized spacial score (nSPS) is 21.5. The van der Waals surface area contributed by atoms with Gasteiger partial charge in [-0.15, -0.1) is 0 Å². The number of ether oxygens (including phenoxy) is 1. The van der Waals surface area contributed by atoms with Gasteiger partial charge in [-0.25, -0.2) is 0 Å². The molecule has 1 fully saturated rings. The van der Waals surface area contributed by atoms with Crippen LogP contribution in [-0.4, -0.2) is 36.3 Å². The second-order valence-electron chi connectivity index (χ2n) is 6.11. The molecule has 0 saturated heterocycles. The number of carbonyl (C=O) groups excluding carboxylic acids is 1. The standard InChI is InChI=1S/C16H21F3N2O3/c1-10-6-13(22)12(8-20-10)15(23)21-7-11-4-2-3-5-14(11)24-9-16(17,18)19/h6,8,11,14H,2-5,7,9H2,1H3,(H,20,22)(H,21,23)/t11-,14-/m1/s1. The first-order chi connectivity index (χ1) is 11.3. The predicted molar refractivity (Wildman–Crippen MR) is 81.9 cm³/mol. The summed E-state index contributed by atoms with van der Waals surface area (Å²) in [6.07, 6.45) is -0.625. The number of aromatic nitrogens is 1. The Morgan fingerprint density at radius 2 is 2.08 bits per heavy atom. The second kappa shape index (κ2) is 7.83. The molecule has 2 atom stereocenters. The van der Waals surface area contributed by atoms with E-state index in [2.05, 4.69) is 10.3 Å². The smallest absolute Gasteiger partial charge is 0.368 e. The van der Waals surface area contributed by atoms with E-state index in [9.17, 15) is 22.8 Å². The summed E-state index contributed by atoms with van der Waals surface area (Å²) >= 11 is 0. The molecule has 0 unspecified atom stereocenters. The molecule has 0 aromatic carbocycles. The summed E-state index contributed by atoms with van der Waals surface area (Å²) in [7, 11) is 0. The fraction of sp³-hybridized carbons (Fsp3) is 0.625. The Morgan fingerprint density at radius 1 is 1.38 bits per heavy atom. The molecule has 1 aromatic heterocycles. The Morgan fingerprint density at radius 3 is 2.75 bits per heavy atom. The van der Waals surface area contributed by atoms with E-state index in [0.717, 1.165) is 12.8 Å². The largest absolute Gasteiger partial charge is 0.411 e. The molecule has 0 bridgehead atoms. The van der Waals surface area contributed by atoms with Crippen LogP contribution in [0.1, 0.15) is 41.7 Å². The van der Waals surface area contributed by atoms with Crippen LogP contribution in [0, 0.1) is 12.8 Å². The number of nitrogens with one attached hydrogen (secondary N) is 2. The predicted octanol–water partition coefficient (Wildman–Crippen LogP) is 2.55. The maximum absolute atomic E-state index is 12.3. The SMILES string of the molecule is Cc1cc(=O)c(C(=O)NC[C@H]2CCCC[C@H]2OCC(F)(F)F)c[nH]1.